The molecule has 6 rings (SSSR count). The summed E-state index contributed by atoms with van der Waals surface area (Å²) in [7, 11) is 0. The average Bonchev–Trinajstić information content (AvgIpc) is 3.52. The first kappa shape index (κ1) is 16.2. The number of hydrogen-bond donors (Lipinski definition) is 3. The molecule has 8 heteroatoms. The molecule has 0 radical (unpaired) electrons. The molecule has 0 aromatic carbocycles. The lowest BCUT2D eigenvalue weighted by Gasteiger charge is -2.18. The monoisotopic (exact) mass is 397 g/mol. The van der Waals surface area contributed by atoms with Gasteiger partial charge in [-0.25, -0.2) is 9.97 Å². The molecule has 3 N–H and O–H groups in total. The molecule has 1 atom stereocenters. The summed E-state index contributed by atoms with van der Waals surface area (Å²) in [5.41, 5.74) is 6.20. The third-order valence-electron chi connectivity index (χ3n) is 4.99. The summed E-state index contributed by atoms with van der Waals surface area (Å²) >= 11 is 1.72. The van der Waals surface area contributed by atoms with Crippen molar-refractivity contribution < 1.29 is 0 Å². The molecule has 1 aliphatic heterocycles. The smallest absolute Gasteiger partial charge is 0.161 e. The van der Waals surface area contributed by atoms with Crippen LogP contribution in [0, 0.1) is 0 Å². The molecule has 140 valence electrons. The van der Waals surface area contributed by atoms with E-state index >= 15 is 0 Å². The molecule has 0 saturated carbocycles. The van der Waals surface area contributed by atoms with Gasteiger partial charge in [-0.3, -0.25) is 10.1 Å². The van der Waals surface area contributed by atoms with Gasteiger partial charge in [0.05, 0.1) is 22.6 Å². The summed E-state index contributed by atoms with van der Waals surface area (Å²) < 4.78 is 0. The Labute approximate surface area is 169 Å². The number of thiophene rings is 1. The van der Waals surface area contributed by atoms with Crippen molar-refractivity contribution >= 4 is 28.4 Å². The fraction of sp³-hybridized carbons (Fsp3) is 0.0476. The van der Waals surface area contributed by atoms with Crippen molar-refractivity contribution in [1.82, 2.24) is 35.5 Å². The van der Waals surface area contributed by atoms with Gasteiger partial charge in [0.2, 0.25) is 0 Å². The second kappa shape index (κ2) is 6.39. The Balaban J connectivity index is 1.47. The van der Waals surface area contributed by atoms with E-state index in [-0.39, 0.29) is 6.04 Å². The zero-order valence-corrected chi connectivity index (χ0v) is 15.9. The summed E-state index contributed by atoms with van der Waals surface area (Å²) in [6.45, 7) is 0. The number of fused-ring (bicyclic) bond motifs is 2. The first-order chi connectivity index (χ1) is 14.4. The number of aromatic amines is 2. The first-order valence-corrected chi connectivity index (χ1v) is 10.1. The van der Waals surface area contributed by atoms with Gasteiger partial charge in [-0.2, -0.15) is 5.10 Å². The van der Waals surface area contributed by atoms with Gasteiger partial charge in [-0.15, -0.1) is 11.3 Å². The van der Waals surface area contributed by atoms with Crippen molar-refractivity contribution in [3.8, 4) is 22.8 Å². The van der Waals surface area contributed by atoms with Crippen molar-refractivity contribution in [3.63, 3.8) is 0 Å². The molecule has 0 aliphatic carbocycles. The van der Waals surface area contributed by atoms with E-state index in [1.165, 1.54) is 4.88 Å². The van der Waals surface area contributed by atoms with E-state index in [2.05, 4.69) is 43.0 Å². The first-order valence-electron chi connectivity index (χ1n) is 9.18. The van der Waals surface area contributed by atoms with E-state index in [1.54, 1.807) is 23.7 Å². The highest BCUT2D eigenvalue weighted by molar-refractivity contribution is 7.10. The Bertz CT molecular complexity index is 1330. The van der Waals surface area contributed by atoms with E-state index in [0.717, 1.165) is 33.7 Å². The van der Waals surface area contributed by atoms with Gasteiger partial charge in [0.15, 0.2) is 11.5 Å². The van der Waals surface area contributed by atoms with Gasteiger partial charge >= 0.3 is 0 Å². The van der Waals surface area contributed by atoms with E-state index in [9.17, 15) is 0 Å². The van der Waals surface area contributed by atoms with Crippen LogP contribution in [0.2, 0.25) is 0 Å². The molecule has 0 fully saturated rings. The molecule has 1 unspecified atom stereocenters. The van der Waals surface area contributed by atoms with Crippen LogP contribution in [0.3, 0.4) is 0 Å². The maximum absolute atomic E-state index is 4.84. The van der Waals surface area contributed by atoms with Crippen molar-refractivity contribution in [1.29, 1.82) is 0 Å². The standard InChI is InChI=1S/C21H15N7S/c1-2-16(29-11-1)19-17-14(7-10-23-19)25-21(26-17)20-18-15(27-28-20)4-3-13(24-18)12-5-8-22-9-6-12/h1-11,19,23H,(H,25,26)(H,27,28). The zero-order chi connectivity index (χ0) is 19.2. The van der Waals surface area contributed by atoms with Crippen LogP contribution in [-0.2, 0) is 0 Å². The summed E-state index contributed by atoms with van der Waals surface area (Å²) in [5.74, 6) is 0.704. The second-order valence-corrected chi connectivity index (χ2v) is 7.71. The number of imidazole rings is 1. The molecule has 5 aromatic rings. The van der Waals surface area contributed by atoms with Crippen molar-refractivity contribution in [3.05, 3.63) is 76.6 Å². The number of hydrogen-bond acceptors (Lipinski definition) is 6. The quantitative estimate of drug-likeness (QED) is 0.425. The lowest BCUT2D eigenvalue weighted by atomic mass is 10.1. The van der Waals surface area contributed by atoms with Crippen LogP contribution in [0.25, 0.3) is 39.9 Å². The third kappa shape index (κ3) is 2.65. The number of pyridine rings is 2. The Kier molecular flexibility index (Phi) is 3.57. The van der Waals surface area contributed by atoms with Gasteiger partial charge in [0.25, 0.3) is 0 Å². The highest BCUT2D eigenvalue weighted by atomic mass is 32.1. The number of nitrogens with one attached hydrogen (secondary N) is 3. The Hall–Kier alpha value is -3.78. The normalized spacial score (nSPS) is 15.4. The lowest BCUT2D eigenvalue weighted by Crippen LogP contribution is -2.19. The molecule has 5 aromatic heterocycles. The summed E-state index contributed by atoms with van der Waals surface area (Å²) in [6, 6.07) is 12.1. The van der Waals surface area contributed by atoms with Gasteiger partial charge in [-0.05, 0) is 48.0 Å². The predicted molar refractivity (Wildman–Crippen MR) is 113 cm³/mol. The SMILES string of the molecule is C1=Cc2nc(-c3n[nH]c4ccc(-c5ccncc5)nc34)[nH]c2C(c2cccs2)N1. The van der Waals surface area contributed by atoms with Crippen LogP contribution in [0.1, 0.15) is 22.3 Å². The molecule has 0 spiro atoms. The number of H-pyrrole nitrogens is 2. The minimum absolute atomic E-state index is 0.0572. The minimum Gasteiger partial charge on any atom is -0.378 e. The van der Waals surface area contributed by atoms with Crippen LogP contribution in [0.15, 0.2) is 60.4 Å². The van der Waals surface area contributed by atoms with Crippen LogP contribution in [0.5, 0.6) is 0 Å². The zero-order valence-electron chi connectivity index (χ0n) is 15.1. The molecule has 7 nitrogen and oxygen atoms in total. The molecular weight excluding hydrogens is 382 g/mol. The van der Waals surface area contributed by atoms with Crippen molar-refractivity contribution in [2.75, 3.05) is 0 Å². The molecule has 6 heterocycles. The molecular formula is C21H15N7S. The van der Waals surface area contributed by atoms with Crippen LogP contribution in [0.4, 0.5) is 0 Å². The maximum atomic E-state index is 4.84. The van der Waals surface area contributed by atoms with Gasteiger partial charge in [0.1, 0.15) is 11.6 Å². The lowest BCUT2D eigenvalue weighted by molar-refractivity contribution is 0.713. The average molecular weight is 397 g/mol. The number of aromatic nitrogens is 6. The molecule has 0 bridgehead atoms. The molecule has 29 heavy (non-hydrogen) atoms. The Morgan fingerprint density at radius 2 is 1.93 bits per heavy atom. The highest BCUT2D eigenvalue weighted by Crippen LogP contribution is 2.33. The fourth-order valence-electron chi connectivity index (χ4n) is 3.59. The van der Waals surface area contributed by atoms with E-state index in [4.69, 9.17) is 9.97 Å². The third-order valence-corrected chi connectivity index (χ3v) is 5.93. The van der Waals surface area contributed by atoms with Crippen LogP contribution < -0.4 is 5.32 Å². The second-order valence-electron chi connectivity index (χ2n) is 6.73. The summed E-state index contributed by atoms with van der Waals surface area (Å²) in [6.07, 6.45) is 7.45. The minimum atomic E-state index is 0.0572. The van der Waals surface area contributed by atoms with Crippen LogP contribution in [-0.4, -0.2) is 30.1 Å². The van der Waals surface area contributed by atoms with E-state index in [0.29, 0.717) is 11.5 Å². The van der Waals surface area contributed by atoms with E-state index in [1.807, 2.05) is 36.5 Å². The van der Waals surface area contributed by atoms with E-state index < -0.39 is 0 Å². The number of nitrogens with zero attached hydrogens (tertiary/aromatic N) is 4. The van der Waals surface area contributed by atoms with Gasteiger partial charge in [-0.1, -0.05) is 6.07 Å². The van der Waals surface area contributed by atoms with Crippen molar-refractivity contribution in [2.45, 2.75) is 6.04 Å². The fourth-order valence-corrected chi connectivity index (χ4v) is 4.39. The molecule has 0 saturated heterocycles. The van der Waals surface area contributed by atoms with Gasteiger partial charge < -0.3 is 10.3 Å². The van der Waals surface area contributed by atoms with Gasteiger partial charge in [0, 0.05) is 22.8 Å². The van der Waals surface area contributed by atoms with Crippen molar-refractivity contribution in [2.24, 2.45) is 0 Å². The summed E-state index contributed by atoms with van der Waals surface area (Å²) in [4.78, 5) is 18.4. The topological polar surface area (TPSA) is 95.2 Å². The number of rotatable bonds is 3. The highest BCUT2D eigenvalue weighted by Gasteiger charge is 2.25. The summed E-state index contributed by atoms with van der Waals surface area (Å²) in [5, 5.41) is 13.1. The molecule has 0 amide bonds. The maximum Gasteiger partial charge on any atom is 0.161 e. The Morgan fingerprint density at radius 1 is 1.00 bits per heavy atom. The molecule has 1 aliphatic rings. The van der Waals surface area contributed by atoms with Crippen LogP contribution >= 0.6 is 11.3 Å². The predicted octanol–water partition coefficient (Wildman–Crippen LogP) is 4.13. The largest absolute Gasteiger partial charge is 0.378 e. The Morgan fingerprint density at radius 3 is 2.79 bits per heavy atom.